The summed E-state index contributed by atoms with van der Waals surface area (Å²) in [5, 5.41) is 21.1. The van der Waals surface area contributed by atoms with E-state index in [4.69, 9.17) is 9.84 Å². The minimum absolute atomic E-state index is 0.0947. The lowest BCUT2D eigenvalue weighted by Crippen LogP contribution is -2.43. The molecule has 0 bridgehead atoms. The van der Waals surface area contributed by atoms with Crippen LogP contribution in [-0.4, -0.2) is 64.9 Å². The van der Waals surface area contributed by atoms with E-state index in [1.54, 1.807) is 6.92 Å². The summed E-state index contributed by atoms with van der Waals surface area (Å²) in [6.45, 7) is 1.98. The number of amides is 1. The molecule has 0 aliphatic carbocycles. The summed E-state index contributed by atoms with van der Waals surface area (Å²) in [5.41, 5.74) is 0. The summed E-state index contributed by atoms with van der Waals surface area (Å²) in [4.78, 5) is 44.2. The molecule has 0 saturated heterocycles. The summed E-state index contributed by atoms with van der Waals surface area (Å²) >= 11 is 0. The van der Waals surface area contributed by atoms with Crippen LogP contribution < -0.4 is 5.32 Å². The van der Waals surface area contributed by atoms with Crippen molar-refractivity contribution in [2.24, 2.45) is 0 Å². The number of aliphatic hydroxyl groups is 1. The van der Waals surface area contributed by atoms with Crippen molar-refractivity contribution >= 4 is 25.7 Å². The molecule has 0 aliphatic heterocycles. The summed E-state index contributed by atoms with van der Waals surface area (Å²) in [7, 11) is -4.71. The number of nitrogens with one attached hydrogen (secondary N) is 1. The number of phosphoric acid groups is 1. The highest BCUT2D eigenvalue weighted by molar-refractivity contribution is 7.47. The molecular weight excluding hydrogens is 517 g/mol. The van der Waals surface area contributed by atoms with E-state index < -0.39 is 57.6 Å². The summed E-state index contributed by atoms with van der Waals surface area (Å²) < 4.78 is 26.1. The number of hydrogen-bond donors (Lipinski definition) is 4. The van der Waals surface area contributed by atoms with Crippen LogP contribution in [0.5, 0.6) is 0 Å². The van der Waals surface area contributed by atoms with Crippen LogP contribution in [0.15, 0.2) is 24.3 Å². The number of carbonyl (C=O) groups excluding carboxylic acids is 2. The lowest BCUT2D eigenvalue weighted by atomic mass is 10.1. The number of aliphatic hydroxyl groups excluding tert-OH is 1. The lowest BCUT2D eigenvalue weighted by molar-refractivity contribution is -0.147. The zero-order valence-electron chi connectivity index (χ0n) is 22.7. The molecule has 220 valence electrons. The highest BCUT2D eigenvalue weighted by Gasteiger charge is 2.28. The molecule has 4 N–H and O–H groups in total. The largest absolute Gasteiger partial charge is 0.480 e. The maximum absolute atomic E-state index is 11.9. The first-order valence-corrected chi connectivity index (χ1v) is 14.9. The number of unbranched alkanes of at least 4 members (excludes halogenated alkanes) is 6. The van der Waals surface area contributed by atoms with E-state index >= 15 is 0 Å². The third kappa shape index (κ3) is 22.0. The van der Waals surface area contributed by atoms with Crippen LogP contribution in [0.1, 0.15) is 90.9 Å². The van der Waals surface area contributed by atoms with Gasteiger partial charge in [0.15, 0.2) is 6.04 Å². The summed E-state index contributed by atoms with van der Waals surface area (Å²) in [6.07, 6.45) is 17.3. The van der Waals surface area contributed by atoms with Crippen molar-refractivity contribution in [3.8, 4) is 0 Å². The van der Waals surface area contributed by atoms with Gasteiger partial charge in [0.05, 0.1) is 13.2 Å². The average molecular weight is 564 g/mol. The molecule has 0 aromatic rings. The predicted octanol–water partition coefficient (Wildman–Crippen LogP) is 4.43. The van der Waals surface area contributed by atoms with Gasteiger partial charge in [-0.3, -0.25) is 18.6 Å². The topological polar surface area (TPSA) is 169 Å². The fraction of sp³-hybridized carbons (Fsp3) is 0.731. The predicted molar refractivity (Wildman–Crippen MR) is 143 cm³/mol. The van der Waals surface area contributed by atoms with Crippen LogP contribution in [0.25, 0.3) is 0 Å². The van der Waals surface area contributed by atoms with Crippen LogP contribution in [0, 0.1) is 0 Å². The number of phosphoric ester groups is 1. The summed E-state index contributed by atoms with van der Waals surface area (Å²) in [5.74, 6) is -2.47. The van der Waals surface area contributed by atoms with Crippen molar-refractivity contribution in [3.63, 3.8) is 0 Å². The Kier molecular flexibility index (Phi) is 21.7. The van der Waals surface area contributed by atoms with Gasteiger partial charge in [-0.2, -0.15) is 0 Å². The van der Waals surface area contributed by atoms with Crippen molar-refractivity contribution in [1.29, 1.82) is 0 Å². The molecule has 0 aromatic carbocycles. The number of hydrogen-bond acceptors (Lipinski definition) is 8. The van der Waals surface area contributed by atoms with Crippen LogP contribution in [0.3, 0.4) is 0 Å². The zero-order chi connectivity index (χ0) is 28.7. The molecule has 3 atom stereocenters. The third-order valence-corrected chi connectivity index (χ3v) is 6.14. The van der Waals surface area contributed by atoms with Crippen molar-refractivity contribution in [2.45, 2.75) is 103 Å². The number of ether oxygens (including phenoxy) is 1. The maximum atomic E-state index is 11.9. The number of aliphatic carboxylic acids is 1. The Morgan fingerprint density at radius 3 is 2.13 bits per heavy atom. The Bertz CT molecular complexity index is 771. The van der Waals surface area contributed by atoms with E-state index in [2.05, 4.69) is 45.6 Å². The number of carbonyl (C=O) groups is 3. The molecule has 3 unspecified atom stereocenters. The quantitative estimate of drug-likeness (QED) is 0.0570. The molecule has 0 spiro atoms. The molecule has 0 aliphatic rings. The minimum atomic E-state index is -4.71. The van der Waals surface area contributed by atoms with Gasteiger partial charge in [-0.1, -0.05) is 63.8 Å². The van der Waals surface area contributed by atoms with Crippen molar-refractivity contribution < 1.29 is 47.8 Å². The van der Waals surface area contributed by atoms with Crippen LogP contribution in [0.2, 0.25) is 0 Å². The standard InChI is InChI=1S/C26H46NO10P/c1-3-5-6-7-8-9-10-11-12-13-14-15-16-18-25(30)35-19-22(28)20-36-38(33,34)37-21-23(26(31)32)27-24(29)17-4-2/h6-7,9-10,22-23,28H,3-5,8,11-21H2,1-2H3,(H,27,29)(H,31,32)(H,33,34)/b7-6-,10-9-. The number of esters is 1. The minimum Gasteiger partial charge on any atom is -0.480 e. The third-order valence-electron chi connectivity index (χ3n) is 5.19. The molecule has 38 heavy (non-hydrogen) atoms. The van der Waals surface area contributed by atoms with E-state index in [1.807, 2.05) is 0 Å². The van der Waals surface area contributed by atoms with Gasteiger partial charge in [0.2, 0.25) is 5.91 Å². The average Bonchev–Trinajstić information content (AvgIpc) is 2.86. The number of allylic oxidation sites excluding steroid dienone is 4. The molecule has 0 radical (unpaired) electrons. The van der Waals surface area contributed by atoms with E-state index in [9.17, 15) is 28.9 Å². The van der Waals surface area contributed by atoms with E-state index in [0.29, 0.717) is 12.8 Å². The van der Waals surface area contributed by atoms with E-state index in [1.165, 1.54) is 6.42 Å². The Morgan fingerprint density at radius 2 is 1.47 bits per heavy atom. The van der Waals surface area contributed by atoms with Crippen molar-refractivity contribution in [1.82, 2.24) is 5.32 Å². The molecule has 12 heteroatoms. The summed E-state index contributed by atoms with van der Waals surface area (Å²) in [6, 6.07) is -1.54. The van der Waals surface area contributed by atoms with Gasteiger partial charge in [0, 0.05) is 12.8 Å². The number of carboxylic acid groups (broad SMARTS) is 1. The maximum Gasteiger partial charge on any atom is 0.472 e. The molecule has 11 nitrogen and oxygen atoms in total. The molecule has 1 amide bonds. The SMILES string of the molecule is CCC/C=C\C/C=C\CCCCCCCC(=O)OCC(O)COP(=O)(O)OCC(NC(=O)CCC)C(=O)O. The molecular formula is C26H46NO10P. The number of carboxylic acids is 1. The Hall–Kier alpha value is -2.04. The highest BCUT2D eigenvalue weighted by Crippen LogP contribution is 2.43. The second-order valence-corrected chi connectivity index (χ2v) is 10.3. The fourth-order valence-electron chi connectivity index (χ4n) is 3.10. The van der Waals surface area contributed by atoms with Gasteiger partial charge in [-0.15, -0.1) is 0 Å². The van der Waals surface area contributed by atoms with Crippen LogP contribution in [0.4, 0.5) is 0 Å². The second-order valence-electron chi connectivity index (χ2n) is 8.88. The first kappa shape index (κ1) is 36.0. The highest BCUT2D eigenvalue weighted by atomic mass is 31.2. The lowest BCUT2D eigenvalue weighted by Gasteiger charge is -2.18. The Balaban J connectivity index is 3.94. The Labute approximate surface area is 226 Å². The van der Waals surface area contributed by atoms with E-state index in [-0.39, 0.29) is 12.8 Å². The van der Waals surface area contributed by atoms with Gasteiger partial charge < -0.3 is 25.2 Å². The van der Waals surface area contributed by atoms with Gasteiger partial charge in [-0.05, 0) is 38.5 Å². The van der Waals surface area contributed by atoms with Gasteiger partial charge in [0.25, 0.3) is 0 Å². The second kappa shape index (κ2) is 22.9. The van der Waals surface area contributed by atoms with Gasteiger partial charge >= 0.3 is 19.8 Å². The van der Waals surface area contributed by atoms with Gasteiger partial charge in [-0.25, -0.2) is 9.36 Å². The molecule has 0 fully saturated rings. The molecule has 0 aromatic heterocycles. The molecule has 0 rings (SSSR count). The normalized spacial score (nSPS) is 14.8. The van der Waals surface area contributed by atoms with Crippen molar-refractivity contribution in [3.05, 3.63) is 24.3 Å². The first-order chi connectivity index (χ1) is 18.1. The first-order valence-electron chi connectivity index (χ1n) is 13.4. The van der Waals surface area contributed by atoms with Crippen LogP contribution >= 0.6 is 7.82 Å². The van der Waals surface area contributed by atoms with Crippen LogP contribution in [-0.2, 0) is 32.7 Å². The van der Waals surface area contributed by atoms with Gasteiger partial charge in [0.1, 0.15) is 12.7 Å². The number of rotatable bonds is 24. The fourth-order valence-corrected chi connectivity index (χ4v) is 3.87. The van der Waals surface area contributed by atoms with Crippen molar-refractivity contribution in [2.75, 3.05) is 19.8 Å². The zero-order valence-corrected chi connectivity index (χ0v) is 23.6. The monoisotopic (exact) mass is 563 g/mol. The molecule has 0 heterocycles. The smallest absolute Gasteiger partial charge is 0.472 e. The molecule has 0 saturated carbocycles. The van der Waals surface area contributed by atoms with E-state index in [0.717, 1.165) is 44.9 Å². The Morgan fingerprint density at radius 1 is 0.842 bits per heavy atom.